The Morgan fingerprint density at radius 3 is 2.33 bits per heavy atom. The van der Waals surface area contributed by atoms with Crippen molar-refractivity contribution >= 4 is 29.0 Å². The number of carbonyl (C=O) groups is 2. The van der Waals surface area contributed by atoms with E-state index in [1.807, 2.05) is 0 Å². The summed E-state index contributed by atoms with van der Waals surface area (Å²) in [6.45, 7) is 2.67. The fourth-order valence-corrected chi connectivity index (χ4v) is 1.08. The highest BCUT2D eigenvalue weighted by atomic mass is 32.1. The quantitative estimate of drug-likeness (QED) is 0.440. The molecule has 6 heteroatoms. The molecule has 0 radical (unpaired) electrons. The lowest BCUT2D eigenvalue weighted by atomic mass is 10.1. The molecule has 0 aromatic rings. The second-order valence-corrected chi connectivity index (χ2v) is 4.67. The Morgan fingerprint density at radius 2 is 1.87 bits per heavy atom. The van der Waals surface area contributed by atoms with Gasteiger partial charge in [0.15, 0.2) is 0 Å². The molecular weight excluding hydrogens is 214 g/mol. The van der Waals surface area contributed by atoms with Crippen molar-refractivity contribution in [2.45, 2.75) is 19.8 Å². The first-order valence-corrected chi connectivity index (χ1v) is 5.18. The van der Waals surface area contributed by atoms with Crippen LogP contribution >= 0.6 is 12.2 Å². The molecule has 5 nitrogen and oxygen atoms in total. The number of amides is 2. The van der Waals surface area contributed by atoms with Crippen molar-refractivity contribution in [2.75, 3.05) is 13.1 Å². The molecule has 0 heterocycles. The summed E-state index contributed by atoms with van der Waals surface area (Å²) < 4.78 is 0. The SMILES string of the molecule is CC1(CNC(=O)C(=O)NCC(N)=S)CC1. The first-order valence-electron chi connectivity index (χ1n) is 4.77. The molecule has 0 atom stereocenters. The van der Waals surface area contributed by atoms with Crippen LogP contribution in [0.25, 0.3) is 0 Å². The Balaban J connectivity index is 2.21. The van der Waals surface area contributed by atoms with E-state index in [1.165, 1.54) is 0 Å². The zero-order valence-corrected chi connectivity index (χ0v) is 9.45. The predicted molar refractivity (Wildman–Crippen MR) is 60.1 cm³/mol. The van der Waals surface area contributed by atoms with Crippen LogP contribution in [-0.4, -0.2) is 29.9 Å². The first kappa shape index (κ1) is 11.9. The molecule has 0 aromatic heterocycles. The minimum Gasteiger partial charge on any atom is -0.392 e. The molecular formula is C9H15N3O2S. The van der Waals surface area contributed by atoms with Gasteiger partial charge >= 0.3 is 11.8 Å². The van der Waals surface area contributed by atoms with E-state index >= 15 is 0 Å². The van der Waals surface area contributed by atoms with Gasteiger partial charge in [-0.1, -0.05) is 19.1 Å². The van der Waals surface area contributed by atoms with E-state index in [-0.39, 0.29) is 16.9 Å². The Morgan fingerprint density at radius 1 is 1.33 bits per heavy atom. The van der Waals surface area contributed by atoms with Crippen molar-refractivity contribution in [1.82, 2.24) is 10.6 Å². The van der Waals surface area contributed by atoms with Gasteiger partial charge in [0, 0.05) is 6.54 Å². The monoisotopic (exact) mass is 229 g/mol. The van der Waals surface area contributed by atoms with Gasteiger partial charge in [-0.3, -0.25) is 9.59 Å². The smallest absolute Gasteiger partial charge is 0.309 e. The number of hydrogen-bond acceptors (Lipinski definition) is 3. The van der Waals surface area contributed by atoms with Crippen LogP contribution in [0.4, 0.5) is 0 Å². The normalized spacial score (nSPS) is 16.6. The lowest BCUT2D eigenvalue weighted by Gasteiger charge is -2.09. The maximum absolute atomic E-state index is 11.2. The van der Waals surface area contributed by atoms with Crippen LogP contribution in [0.5, 0.6) is 0 Å². The van der Waals surface area contributed by atoms with Crippen LogP contribution in [0.15, 0.2) is 0 Å². The van der Waals surface area contributed by atoms with Gasteiger partial charge in [-0.05, 0) is 18.3 Å². The zero-order chi connectivity index (χ0) is 11.5. The van der Waals surface area contributed by atoms with E-state index < -0.39 is 11.8 Å². The van der Waals surface area contributed by atoms with Gasteiger partial charge in [0.25, 0.3) is 0 Å². The molecule has 0 aromatic carbocycles. The van der Waals surface area contributed by atoms with Crippen molar-refractivity contribution < 1.29 is 9.59 Å². The second-order valence-electron chi connectivity index (χ2n) is 4.14. The molecule has 0 saturated heterocycles. The van der Waals surface area contributed by atoms with E-state index in [2.05, 4.69) is 29.8 Å². The maximum atomic E-state index is 11.2. The van der Waals surface area contributed by atoms with E-state index in [0.717, 1.165) is 12.8 Å². The summed E-state index contributed by atoms with van der Waals surface area (Å²) in [7, 11) is 0. The molecule has 1 aliphatic carbocycles. The average molecular weight is 229 g/mol. The third-order valence-electron chi connectivity index (χ3n) is 2.41. The zero-order valence-electron chi connectivity index (χ0n) is 8.63. The molecule has 0 bridgehead atoms. The van der Waals surface area contributed by atoms with Crippen LogP contribution < -0.4 is 16.4 Å². The topological polar surface area (TPSA) is 84.2 Å². The van der Waals surface area contributed by atoms with Crippen LogP contribution in [0.3, 0.4) is 0 Å². The molecule has 84 valence electrons. The summed E-state index contributed by atoms with van der Waals surface area (Å²) in [4.78, 5) is 22.5. The minimum atomic E-state index is -0.688. The fraction of sp³-hybridized carbons (Fsp3) is 0.667. The summed E-state index contributed by atoms with van der Waals surface area (Å²) in [6, 6.07) is 0. The number of thiocarbonyl (C=S) groups is 1. The standard InChI is InChI=1S/C9H15N3O2S/c1-9(2-3-9)5-12-8(14)7(13)11-4-6(10)15/h2-5H2,1H3,(H2,10,15)(H,11,13)(H,12,14). The molecule has 15 heavy (non-hydrogen) atoms. The molecule has 2 amide bonds. The van der Waals surface area contributed by atoms with Gasteiger partial charge in [0.05, 0.1) is 11.5 Å². The molecule has 1 saturated carbocycles. The van der Waals surface area contributed by atoms with E-state index in [9.17, 15) is 9.59 Å². The molecule has 1 rings (SSSR count). The Bertz CT molecular complexity index is 300. The third kappa shape index (κ3) is 4.24. The second kappa shape index (κ2) is 4.57. The number of carbonyl (C=O) groups excluding carboxylic acids is 2. The van der Waals surface area contributed by atoms with Crippen LogP contribution in [0, 0.1) is 5.41 Å². The van der Waals surface area contributed by atoms with Crippen molar-refractivity contribution in [3.05, 3.63) is 0 Å². The predicted octanol–water partition coefficient (Wildman–Crippen LogP) is -0.695. The van der Waals surface area contributed by atoms with Crippen molar-refractivity contribution in [1.29, 1.82) is 0 Å². The summed E-state index contributed by atoms with van der Waals surface area (Å²) in [5.74, 6) is -1.31. The molecule has 0 spiro atoms. The van der Waals surface area contributed by atoms with Gasteiger partial charge in [0.1, 0.15) is 0 Å². The van der Waals surface area contributed by atoms with Gasteiger partial charge < -0.3 is 16.4 Å². The molecule has 1 fully saturated rings. The van der Waals surface area contributed by atoms with Gasteiger partial charge in [-0.2, -0.15) is 0 Å². The van der Waals surface area contributed by atoms with E-state index in [0.29, 0.717) is 6.54 Å². The van der Waals surface area contributed by atoms with Crippen molar-refractivity contribution in [2.24, 2.45) is 11.1 Å². The minimum absolute atomic E-state index is 0.0544. The van der Waals surface area contributed by atoms with Crippen molar-refractivity contribution in [3.63, 3.8) is 0 Å². The third-order valence-corrected chi connectivity index (χ3v) is 2.55. The summed E-state index contributed by atoms with van der Waals surface area (Å²) in [5, 5.41) is 4.89. The molecule has 1 aliphatic rings. The fourth-order valence-electron chi connectivity index (χ4n) is 1.01. The first-order chi connectivity index (χ1) is 6.93. The van der Waals surface area contributed by atoms with Gasteiger partial charge in [-0.15, -0.1) is 0 Å². The highest BCUT2D eigenvalue weighted by Gasteiger charge is 2.37. The molecule has 0 aliphatic heterocycles. The van der Waals surface area contributed by atoms with E-state index in [1.54, 1.807) is 0 Å². The number of nitrogens with one attached hydrogen (secondary N) is 2. The molecule has 4 N–H and O–H groups in total. The molecule has 0 unspecified atom stereocenters. The number of nitrogens with two attached hydrogens (primary N) is 1. The summed E-state index contributed by atoms with van der Waals surface area (Å²) in [5.41, 5.74) is 5.37. The number of hydrogen-bond donors (Lipinski definition) is 3. The van der Waals surface area contributed by atoms with Gasteiger partial charge in [0.2, 0.25) is 0 Å². The summed E-state index contributed by atoms with van der Waals surface area (Å²) in [6.07, 6.45) is 2.20. The lowest BCUT2D eigenvalue weighted by Crippen LogP contribution is -2.44. The van der Waals surface area contributed by atoms with Gasteiger partial charge in [-0.25, -0.2) is 0 Å². The maximum Gasteiger partial charge on any atom is 0.309 e. The van der Waals surface area contributed by atoms with Crippen LogP contribution in [0.1, 0.15) is 19.8 Å². The Hall–Kier alpha value is -1.17. The Labute approximate surface area is 93.8 Å². The highest BCUT2D eigenvalue weighted by Crippen LogP contribution is 2.43. The lowest BCUT2D eigenvalue weighted by molar-refractivity contribution is -0.139. The van der Waals surface area contributed by atoms with Crippen LogP contribution in [-0.2, 0) is 9.59 Å². The largest absolute Gasteiger partial charge is 0.392 e. The summed E-state index contributed by atoms with van der Waals surface area (Å²) >= 11 is 4.57. The highest BCUT2D eigenvalue weighted by molar-refractivity contribution is 7.80. The Kier molecular flexibility index (Phi) is 3.62. The van der Waals surface area contributed by atoms with E-state index in [4.69, 9.17) is 5.73 Å². The van der Waals surface area contributed by atoms with Crippen molar-refractivity contribution in [3.8, 4) is 0 Å². The average Bonchev–Trinajstić information content (AvgIpc) is 2.90. The van der Waals surface area contributed by atoms with Crippen LogP contribution in [0.2, 0.25) is 0 Å². The number of rotatable bonds is 4.